The van der Waals surface area contributed by atoms with Gasteiger partial charge in [-0.3, -0.25) is 4.99 Å². The molecule has 5 aromatic carbocycles. The smallest absolute Gasteiger partial charge is 0.441 e. The maximum Gasteiger partial charge on any atom is 0.441 e. The molecule has 1 aliphatic rings. The molecule has 0 unspecified atom stereocenters. The van der Waals surface area contributed by atoms with E-state index in [1.165, 1.54) is 44.3 Å². The first kappa shape index (κ1) is 39.2. The van der Waals surface area contributed by atoms with Crippen LogP contribution in [0.25, 0.3) is 0 Å². The van der Waals surface area contributed by atoms with Crippen molar-refractivity contribution in [1.82, 2.24) is 4.57 Å². The number of para-hydroxylation sites is 2. The molecule has 0 N–H and O–H groups in total. The van der Waals surface area contributed by atoms with E-state index in [0.29, 0.717) is 10.9 Å². The number of rotatable bonds is 6. The van der Waals surface area contributed by atoms with E-state index in [1.807, 2.05) is 34.9 Å². The molecule has 1 heterocycles. The van der Waals surface area contributed by atoms with Crippen molar-refractivity contribution >= 4 is 43.0 Å². The van der Waals surface area contributed by atoms with Crippen LogP contribution in [0, 0.1) is 41.5 Å². The molecule has 5 aromatic rings. The van der Waals surface area contributed by atoms with Gasteiger partial charge >= 0.3 is 8.84 Å². The van der Waals surface area contributed by atoms with E-state index in [2.05, 4.69) is 158 Å². The number of amidine groups is 1. The third-order valence-electron chi connectivity index (χ3n) is 10.8. The SMILES string of the molecule is Cc1cc(C)c(B(c2cccc3c2Oc2c([Si](=O)N(C(=NC(C)(C)C)c4ccccc4)C(C)(C)C)cccc2C3(C)C)c2c(C)cc(C)cc2C)c(C)c1. The molecule has 0 aromatic heterocycles. The Morgan fingerprint density at radius 2 is 1.15 bits per heavy atom. The number of nitrogens with zero attached hydrogens (tertiary/aromatic N) is 2. The van der Waals surface area contributed by atoms with Gasteiger partial charge in [-0.25, -0.2) is 0 Å². The van der Waals surface area contributed by atoms with Gasteiger partial charge in [0.15, 0.2) is 0 Å². The van der Waals surface area contributed by atoms with E-state index in [-0.39, 0.29) is 6.71 Å². The number of hydrogen-bond acceptors (Lipinski definition) is 3. The third kappa shape index (κ3) is 7.30. The van der Waals surface area contributed by atoms with Gasteiger partial charge in [-0.15, -0.1) is 0 Å². The molecule has 0 fully saturated rings. The first-order valence-corrected chi connectivity index (χ1v) is 20.7. The van der Waals surface area contributed by atoms with Gasteiger partial charge in [0.05, 0.1) is 10.7 Å². The lowest BCUT2D eigenvalue weighted by Gasteiger charge is -2.40. The molecule has 0 radical (unpaired) electrons. The summed E-state index contributed by atoms with van der Waals surface area (Å²) in [6.45, 7) is 30.4. The fraction of sp³-hybridized carbons (Fsp3) is 0.354. The van der Waals surface area contributed by atoms with E-state index in [0.717, 1.165) is 33.7 Å². The standard InChI is InChI=1S/C48H57BN2O2Si/c1-30-26-32(3)41(33(4)27-30)49(42-34(5)28-31(2)29-35(42)6)39-24-18-22-37-43(39)53-44-38(48(37,13)14)23-19-25-40(44)54(52)51(47(10,11)12)45(50-46(7,8)9)36-20-16-15-17-21-36/h15-29H,1-14H3. The van der Waals surface area contributed by atoms with E-state index < -0.39 is 25.3 Å². The van der Waals surface area contributed by atoms with E-state index >= 15 is 4.46 Å². The number of ether oxygens (including phenoxy) is 1. The second-order valence-corrected chi connectivity index (χ2v) is 19.6. The van der Waals surface area contributed by atoms with Crippen LogP contribution in [-0.4, -0.2) is 37.0 Å². The Morgan fingerprint density at radius 3 is 1.63 bits per heavy atom. The largest absolute Gasteiger partial charge is 0.457 e. The average Bonchev–Trinajstić information content (AvgIpc) is 3.05. The Morgan fingerprint density at radius 1 is 0.667 bits per heavy atom. The molecule has 0 bridgehead atoms. The maximum atomic E-state index is 15.5. The molecular weight excluding hydrogens is 675 g/mol. The van der Waals surface area contributed by atoms with Crippen molar-refractivity contribution in [3.05, 3.63) is 141 Å². The normalized spacial score (nSPS) is 13.9. The van der Waals surface area contributed by atoms with Crippen LogP contribution in [-0.2, 0) is 9.88 Å². The monoisotopic (exact) mass is 732 g/mol. The Hall–Kier alpha value is -4.55. The summed E-state index contributed by atoms with van der Waals surface area (Å²) in [5, 5.41) is 0.709. The second kappa shape index (κ2) is 14.3. The molecule has 6 heteroatoms. The van der Waals surface area contributed by atoms with Crippen molar-refractivity contribution in [3.63, 3.8) is 0 Å². The van der Waals surface area contributed by atoms with Crippen molar-refractivity contribution in [3.8, 4) is 11.5 Å². The molecule has 4 nitrogen and oxygen atoms in total. The molecule has 0 saturated carbocycles. The summed E-state index contributed by atoms with van der Waals surface area (Å²) < 4.78 is 24.9. The molecular formula is C48H57BN2O2Si. The number of benzene rings is 5. The highest BCUT2D eigenvalue weighted by atomic mass is 28.3. The minimum Gasteiger partial charge on any atom is -0.457 e. The van der Waals surface area contributed by atoms with Crippen LogP contribution in [0.5, 0.6) is 11.5 Å². The van der Waals surface area contributed by atoms with Crippen LogP contribution in [0.3, 0.4) is 0 Å². The van der Waals surface area contributed by atoms with E-state index in [9.17, 15) is 0 Å². The molecule has 0 atom stereocenters. The fourth-order valence-corrected chi connectivity index (χ4v) is 10.5. The van der Waals surface area contributed by atoms with E-state index in [4.69, 9.17) is 9.73 Å². The molecule has 0 aliphatic carbocycles. The Balaban J connectivity index is 1.61. The first-order valence-electron chi connectivity index (χ1n) is 19.3. The number of fused-ring (bicyclic) bond motifs is 2. The quantitative estimate of drug-likeness (QED) is 0.0995. The average molecular weight is 733 g/mol. The van der Waals surface area contributed by atoms with Crippen molar-refractivity contribution in [2.45, 2.75) is 113 Å². The zero-order valence-electron chi connectivity index (χ0n) is 34.9. The topological polar surface area (TPSA) is 41.9 Å². The van der Waals surface area contributed by atoms with Gasteiger partial charge in [-0.2, -0.15) is 0 Å². The highest BCUT2D eigenvalue weighted by molar-refractivity contribution is 6.97. The minimum absolute atomic E-state index is 0.0719. The molecule has 6 rings (SSSR count). The van der Waals surface area contributed by atoms with Crippen LogP contribution in [0.1, 0.15) is 105 Å². The van der Waals surface area contributed by atoms with Crippen LogP contribution >= 0.6 is 0 Å². The summed E-state index contributed by atoms with van der Waals surface area (Å²) in [7, 11) is -2.72. The minimum atomic E-state index is -2.72. The molecule has 0 spiro atoms. The van der Waals surface area contributed by atoms with Gasteiger partial charge in [-0.05, 0) is 88.5 Å². The van der Waals surface area contributed by atoms with E-state index in [1.54, 1.807) is 0 Å². The van der Waals surface area contributed by atoms with Gasteiger partial charge in [0, 0.05) is 27.6 Å². The zero-order valence-corrected chi connectivity index (χ0v) is 35.9. The highest BCUT2D eigenvalue weighted by Crippen LogP contribution is 2.46. The highest BCUT2D eigenvalue weighted by Gasteiger charge is 2.43. The summed E-state index contributed by atoms with van der Waals surface area (Å²) >= 11 is 0. The molecule has 54 heavy (non-hydrogen) atoms. The third-order valence-corrected chi connectivity index (χ3v) is 12.9. The van der Waals surface area contributed by atoms with Crippen molar-refractivity contribution in [1.29, 1.82) is 0 Å². The zero-order chi connectivity index (χ0) is 39.5. The Labute approximate surface area is 326 Å². The fourth-order valence-electron chi connectivity index (χ4n) is 8.68. The van der Waals surface area contributed by atoms with Crippen LogP contribution < -0.4 is 26.3 Å². The van der Waals surface area contributed by atoms with Crippen molar-refractivity contribution in [2.24, 2.45) is 4.99 Å². The second-order valence-electron chi connectivity index (χ2n) is 18.0. The summed E-state index contributed by atoms with van der Waals surface area (Å²) in [6, 6.07) is 32.2. The number of hydrogen-bond donors (Lipinski definition) is 0. The predicted octanol–water partition coefficient (Wildman–Crippen LogP) is 8.96. The molecule has 0 saturated heterocycles. The summed E-state index contributed by atoms with van der Waals surface area (Å²) in [6.07, 6.45) is 0. The van der Waals surface area contributed by atoms with Gasteiger partial charge in [0.1, 0.15) is 17.3 Å². The van der Waals surface area contributed by atoms with Gasteiger partial charge in [0.25, 0.3) is 0 Å². The summed E-state index contributed by atoms with van der Waals surface area (Å²) in [5.41, 5.74) is 13.1. The number of aryl methyl sites for hydroxylation is 6. The van der Waals surface area contributed by atoms with Crippen LogP contribution in [0.15, 0.2) is 96.0 Å². The van der Waals surface area contributed by atoms with Crippen molar-refractivity contribution in [2.75, 3.05) is 0 Å². The van der Waals surface area contributed by atoms with Crippen LogP contribution in [0.2, 0.25) is 0 Å². The Kier molecular flexibility index (Phi) is 10.3. The van der Waals surface area contributed by atoms with Crippen LogP contribution in [0.4, 0.5) is 0 Å². The lowest BCUT2D eigenvalue weighted by molar-refractivity contribution is 0.331. The number of aliphatic imine (C=N–C) groups is 1. The first-order chi connectivity index (χ1) is 25.2. The van der Waals surface area contributed by atoms with Gasteiger partial charge in [0.2, 0.25) is 6.71 Å². The van der Waals surface area contributed by atoms with Gasteiger partial charge in [-0.1, -0.05) is 149 Å². The molecule has 0 amide bonds. The maximum absolute atomic E-state index is 15.5. The molecule has 1 aliphatic heterocycles. The summed E-state index contributed by atoms with van der Waals surface area (Å²) in [5.74, 6) is 2.27. The summed E-state index contributed by atoms with van der Waals surface area (Å²) in [4.78, 5) is 5.25. The lowest BCUT2D eigenvalue weighted by Crippen LogP contribution is -2.57. The molecule has 278 valence electrons. The lowest BCUT2D eigenvalue weighted by atomic mass is 9.33. The van der Waals surface area contributed by atoms with Crippen molar-refractivity contribution < 1.29 is 9.20 Å². The Bertz CT molecular complexity index is 2190. The van der Waals surface area contributed by atoms with Gasteiger partial charge < -0.3 is 13.8 Å². The predicted molar refractivity (Wildman–Crippen MR) is 231 cm³/mol.